The number of methoxy groups -OCH3 is 1. The number of benzene rings is 1. The molecule has 1 saturated carbocycles. The number of fused-ring (bicyclic) bond motifs is 1. The molecule has 0 spiro atoms. The average molecular weight is 665 g/mol. The number of aromatic nitrogens is 1. The number of pyridine rings is 1. The van der Waals surface area contributed by atoms with Crippen molar-refractivity contribution < 1.29 is 33.8 Å². The van der Waals surface area contributed by atoms with Crippen molar-refractivity contribution >= 4 is 46.3 Å². The SMILES string of the molecule is C=CC1CC1C(=O)O.CC(C)C.CC1CCN(C(=O)CNC(=O)OC(C)(C)C)C1C(N)=O.COc1c[nH]c(=O)c2cc(Cl)ccc12. The number of ether oxygens (including phenoxy) is 2. The Morgan fingerprint density at radius 2 is 1.83 bits per heavy atom. The number of hydrogen-bond acceptors (Lipinski definition) is 7. The number of carboxylic acid groups (broad SMARTS) is 1. The Morgan fingerprint density at radius 1 is 1.22 bits per heavy atom. The highest BCUT2D eigenvalue weighted by atomic mass is 35.5. The summed E-state index contributed by atoms with van der Waals surface area (Å²) in [7, 11) is 1.56. The molecule has 1 aromatic carbocycles. The lowest BCUT2D eigenvalue weighted by atomic mass is 10.0. The molecule has 256 valence electrons. The van der Waals surface area contributed by atoms with E-state index in [1.807, 2.05) is 6.92 Å². The van der Waals surface area contributed by atoms with Crippen LogP contribution in [0.3, 0.4) is 0 Å². The van der Waals surface area contributed by atoms with Gasteiger partial charge in [-0.05, 0) is 69.6 Å². The number of allylic oxidation sites excluding steroid dienone is 1. The Labute approximate surface area is 275 Å². The standard InChI is InChI=1S/C13H23N3O4.C10H8ClNO2.C6H8O2.C4H10/c1-8-5-6-16(10(8)11(14)18)9(17)7-15-12(19)20-13(2,3)4;1-14-9-5-12-10(13)8-4-6(11)2-3-7(8)9;1-2-4-3-5(4)6(7)8;1-4(2)3/h8,10H,5-7H2,1-4H3,(H2,14,18)(H,15,19);2-5H,1H3,(H,12,13);2,4-5H,1,3H2,(H,7,8);4H,1-3H3. The van der Waals surface area contributed by atoms with Crippen LogP contribution in [0, 0.1) is 23.7 Å². The van der Waals surface area contributed by atoms with Gasteiger partial charge in [-0.3, -0.25) is 19.2 Å². The summed E-state index contributed by atoms with van der Waals surface area (Å²) in [5, 5.41) is 12.5. The van der Waals surface area contributed by atoms with Gasteiger partial charge in [0.05, 0.1) is 18.4 Å². The molecule has 2 heterocycles. The van der Waals surface area contributed by atoms with E-state index in [0.29, 0.717) is 22.7 Å². The molecule has 1 aromatic heterocycles. The van der Waals surface area contributed by atoms with E-state index < -0.39 is 29.6 Å². The minimum Gasteiger partial charge on any atom is -0.495 e. The number of carboxylic acids is 1. The number of H-pyrrole nitrogens is 1. The molecule has 5 N–H and O–H groups in total. The van der Waals surface area contributed by atoms with Crippen LogP contribution in [0.5, 0.6) is 5.75 Å². The van der Waals surface area contributed by atoms with Gasteiger partial charge >= 0.3 is 12.1 Å². The minimum absolute atomic E-state index is 0.0398. The van der Waals surface area contributed by atoms with Crippen LogP contribution < -0.4 is 21.3 Å². The molecule has 0 bridgehead atoms. The molecule has 1 aliphatic heterocycles. The zero-order chi connectivity index (χ0) is 35.4. The number of rotatable bonds is 6. The molecule has 2 aliphatic rings. The van der Waals surface area contributed by atoms with Crippen LogP contribution in [0.15, 0.2) is 41.8 Å². The molecule has 1 aliphatic carbocycles. The number of aromatic amines is 1. The number of primary amides is 1. The predicted molar refractivity (Wildman–Crippen MR) is 179 cm³/mol. The number of nitrogens with one attached hydrogen (secondary N) is 2. The summed E-state index contributed by atoms with van der Waals surface area (Å²) in [6.45, 7) is 17.4. The van der Waals surface area contributed by atoms with E-state index in [1.165, 1.54) is 4.90 Å². The van der Waals surface area contributed by atoms with E-state index in [2.05, 4.69) is 37.7 Å². The van der Waals surface area contributed by atoms with E-state index in [1.54, 1.807) is 58.4 Å². The van der Waals surface area contributed by atoms with E-state index >= 15 is 0 Å². The summed E-state index contributed by atoms with van der Waals surface area (Å²) in [5.74, 6) is 0.119. The number of halogens is 1. The van der Waals surface area contributed by atoms with Crippen LogP contribution in [0.25, 0.3) is 10.8 Å². The van der Waals surface area contributed by atoms with Crippen LogP contribution in [-0.4, -0.2) is 70.7 Å². The first-order chi connectivity index (χ1) is 21.3. The normalized spacial score (nSPS) is 19.7. The van der Waals surface area contributed by atoms with Gasteiger partial charge in [0.25, 0.3) is 5.56 Å². The molecule has 1 saturated heterocycles. The van der Waals surface area contributed by atoms with Gasteiger partial charge in [-0.25, -0.2) is 4.79 Å². The highest BCUT2D eigenvalue weighted by Gasteiger charge is 2.40. The van der Waals surface area contributed by atoms with Gasteiger partial charge in [0.15, 0.2) is 0 Å². The monoisotopic (exact) mass is 664 g/mol. The van der Waals surface area contributed by atoms with Gasteiger partial charge in [-0.1, -0.05) is 45.4 Å². The lowest BCUT2D eigenvalue weighted by Gasteiger charge is -2.25. The summed E-state index contributed by atoms with van der Waals surface area (Å²) >= 11 is 5.79. The number of carbonyl (C=O) groups excluding carboxylic acids is 3. The molecule has 2 aromatic rings. The first-order valence-corrected chi connectivity index (χ1v) is 15.5. The highest BCUT2D eigenvalue weighted by Crippen LogP contribution is 2.39. The fraction of sp³-hybridized carbons (Fsp3) is 0.545. The first kappa shape index (κ1) is 40.0. The third-order valence-corrected chi connectivity index (χ3v) is 6.84. The van der Waals surface area contributed by atoms with Crippen LogP contribution in [0.2, 0.25) is 5.02 Å². The van der Waals surface area contributed by atoms with Crippen LogP contribution >= 0.6 is 11.6 Å². The maximum atomic E-state index is 12.0. The quantitative estimate of drug-likeness (QED) is 0.312. The minimum atomic E-state index is -0.685. The largest absolute Gasteiger partial charge is 0.495 e. The second-order valence-electron chi connectivity index (χ2n) is 12.7. The second kappa shape index (κ2) is 18.2. The third kappa shape index (κ3) is 13.5. The maximum absolute atomic E-state index is 12.0. The smallest absolute Gasteiger partial charge is 0.408 e. The number of nitrogens with zero attached hydrogens (tertiary/aromatic N) is 1. The fourth-order valence-electron chi connectivity index (χ4n) is 4.36. The zero-order valence-corrected chi connectivity index (χ0v) is 28.8. The van der Waals surface area contributed by atoms with Gasteiger partial charge in [0, 0.05) is 23.2 Å². The number of alkyl carbamates (subject to hydrolysis) is 1. The zero-order valence-electron chi connectivity index (χ0n) is 28.0. The maximum Gasteiger partial charge on any atom is 0.408 e. The summed E-state index contributed by atoms with van der Waals surface area (Å²) < 4.78 is 10.1. The molecule has 12 nitrogen and oxygen atoms in total. The highest BCUT2D eigenvalue weighted by molar-refractivity contribution is 6.31. The molecule has 4 rings (SSSR count). The van der Waals surface area contributed by atoms with Gasteiger partial charge in [-0.2, -0.15) is 0 Å². The van der Waals surface area contributed by atoms with E-state index in [4.69, 9.17) is 31.9 Å². The van der Waals surface area contributed by atoms with Crippen LogP contribution in [-0.2, 0) is 19.1 Å². The van der Waals surface area contributed by atoms with Crippen molar-refractivity contribution in [2.45, 2.75) is 73.0 Å². The van der Waals surface area contributed by atoms with Gasteiger partial charge in [0.1, 0.15) is 23.9 Å². The van der Waals surface area contributed by atoms with Crippen LogP contribution in [0.1, 0.15) is 61.3 Å². The molecule has 46 heavy (non-hydrogen) atoms. The molecule has 2 fully saturated rings. The van der Waals surface area contributed by atoms with Crippen molar-refractivity contribution in [3.05, 3.63) is 52.4 Å². The van der Waals surface area contributed by atoms with Crippen molar-refractivity contribution in [3.8, 4) is 5.75 Å². The number of nitrogens with two attached hydrogens (primary N) is 1. The summed E-state index contributed by atoms with van der Waals surface area (Å²) in [5.41, 5.74) is 4.53. The number of amides is 3. The second-order valence-corrected chi connectivity index (χ2v) is 13.2. The Balaban J connectivity index is 0.000000350. The average Bonchev–Trinajstić information content (AvgIpc) is 3.65. The molecular formula is C33H49ClN4O8. The molecular weight excluding hydrogens is 616 g/mol. The topological polar surface area (TPSA) is 181 Å². The predicted octanol–water partition coefficient (Wildman–Crippen LogP) is 4.98. The summed E-state index contributed by atoms with van der Waals surface area (Å²) in [4.78, 5) is 60.4. The van der Waals surface area contributed by atoms with E-state index in [9.17, 15) is 24.0 Å². The Morgan fingerprint density at radius 3 is 2.28 bits per heavy atom. The molecule has 3 amide bonds. The van der Waals surface area contributed by atoms with Crippen LogP contribution in [0.4, 0.5) is 4.79 Å². The lowest BCUT2D eigenvalue weighted by molar-refractivity contribution is -0.138. The van der Waals surface area contributed by atoms with Crippen molar-refractivity contribution in [1.29, 1.82) is 0 Å². The van der Waals surface area contributed by atoms with Crippen molar-refractivity contribution in [3.63, 3.8) is 0 Å². The molecule has 4 unspecified atom stereocenters. The molecule has 13 heteroatoms. The van der Waals surface area contributed by atoms with Gasteiger partial charge < -0.3 is 35.5 Å². The number of carbonyl (C=O) groups is 4. The Bertz CT molecular complexity index is 1420. The van der Waals surface area contributed by atoms with Crippen molar-refractivity contribution in [1.82, 2.24) is 15.2 Å². The lowest BCUT2D eigenvalue weighted by Crippen LogP contribution is -2.49. The van der Waals surface area contributed by atoms with Crippen molar-refractivity contribution in [2.24, 2.45) is 29.4 Å². The number of likely N-dealkylation sites (tertiary alicyclic amines) is 1. The molecule has 4 atom stereocenters. The Hall–Kier alpha value is -4.06. The summed E-state index contributed by atoms with van der Waals surface area (Å²) in [6.07, 6.45) is 4.11. The summed E-state index contributed by atoms with van der Waals surface area (Å²) in [6, 6.07) is 4.53. The van der Waals surface area contributed by atoms with Crippen molar-refractivity contribution in [2.75, 3.05) is 20.2 Å². The van der Waals surface area contributed by atoms with E-state index in [0.717, 1.165) is 24.1 Å². The first-order valence-electron chi connectivity index (χ1n) is 15.1. The van der Waals surface area contributed by atoms with E-state index in [-0.39, 0.29) is 35.8 Å². The number of hydrogen-bond donors (Lipinski definition) is 4. The molecule has 0 radical (unpaired) electrons. The third-order valence-electron chi connectivity index (χ3n) is 6.60. The number of aliphatic carboxylic acids is 1. The Kier molecular flexibility index (Phi) is 15.8. The van der Waals surface area contributed by atoms with Gasteiger partial charge in [-0.15, -0.1) is 6.58 Å². The van der Waals surface area contributed by atoms with Gasteiger partial charge in [0.2, 0.25) is 11.8 Å². The fourth-order valence-corrected chi connectivity index (χ4v) is 4.53.